The zero-order chi connectivity index (χ0) is 14.2. The van der Waals surface area contributed by atoms with E-state index in [0.29, 0.717) is 0 Å². The summed E-state index contributed by atoms with van der Waals surface area (Å²) in [5.41, 5.74) is 0. The second-order valence-corrected chi connectivity index (χ2v) is 6.49. The maximum absolute atomic E-state index is 4.42. The minimum Gasteiger partial charge on any atom is -0.356 e. The molecule has 0 unspecified atom stereocenters. The molecule has 2 N–H and O–H groups in total. The quantitative estimate of drug-likeness (QED) is 0.637. The summed E-state index contributed by atoms with van der Waals surface area (Å²) < 4.78 is 0. The van der Waals surface area contributed by atoms with Gasteiger partial charge in [0.05, 0.1) is 11.6 Å². The van der Waals surface area contributed by atoms with E-state index in [-0.39, 0.29) is 0 Å². The van der Waals surface area contributed by atoms with Gasteiger partial charge in [-0.25, -0.2) is 4.98 Å². The summed E-state index contributed by atoms with van der Waals surface area (Å²) in [6, 6.07) is 4.18. The van der Waals surface area contributed by atoms with Gasteiger partial charge in [-0.15, -0.1) is 22.7 Å². The number of thiophene rings is 1. The van der Waals surface area contributed by atoms with Crippen LogP contribution in [0.1, 0.15) is 21.7 Å². The van der Waals surface area contributed by atoms with E-state index in [4.69, 9.17) is 0 Å². The average Bonchev–Trinajstić information content (AvgIpc) is 3.13. The van der Waals surface area contributed by atoms with Crippen LogP contribution in [0.15, 0.2) is 28.7 Å². The van der Waals surface area contributed by atoms with Gasteiger partial charge in [0.2, 0.25) is 0 Å². The third kappa shape index (κ3) is 4.61. The monoisotopic (exact) mass is 308 g/mol. The Bertz CT molecular complexity index is 531. The third-order valence-corrected chi connectivity index (χ3v) is 4.89. The van der Waals surface area contributed by atoms with Gasteiger partial charge < -0.3 is 10.6 Å². The molecule has 6 heteroatoms. The van der Waals surface area contributed by atoms with Crippen LogP contribution in [0.5, 0.6) is 0 Å². The Morgan fingerprint density at radius 1 is 1.35 bits per heavy atom. The zero-order valence-corrected chi connectivity index (χ0v) is 13.5. The van der Waals surface area contributed by atoms with E-state index in [2.05, 4.69) is 45.0 Å². The van der Waals surface area contributed by atoms with Crippen molar-refractivity contribution >= 4 is 28.6 Å². The number of nitrogens with one attached hydrogen (secondary N) is 2. The van der Waals surface area contributed by atoms with E-state index >= 15 is 0 Å². The highest BCUT2D eigenvalue weighted by atomic mass is 32.1. The molecule has 0 atom stereocenters. The Balaban J connectivity index is 1.71. The number of nitrogens with zero attached hydrogens (tertiary/aromatic N) is 2. The fourth-order valence-electron chi connectivity index (χ4n) is 1.72. The second kappa shape index (κ2) is 8.01. The van der Waals surface area contributed by atoms with Crippen molar-refractivity contribution in [2.75, 3.05) is 13.6 Å². The van der Waals surface area contributed by atoms with Crippen LogP contribution in [0.2, 0.25) is 0 Å². The highest BCUT2D eigenvalue weighted by Gasteiger charge is 2.02. The van der Waals surface area contributed by atoms with Crippen LogP contribution < -0.4 is 10.6 Å². The summed E-state index contributed by atoms with van der Waals surface area (Å²) in [5.74, 6) is 0.839. The molecule has 20 heavy (non-hydrogen) atoms. The number of hydrogen-bond acceptors (Lipinski definition) is 4. The smallest absolute Gasteiger partial charge is 0.191 e. The lowest BCUT2D eigenvalue weighted by Crippen LogP contribution is -2.37. The molecule has 0 aliphatic rings. The fourth-order valence-corrected chi connectivity index (χ4v) is 3.23. The molecule has 2 heterocycles. The van der Waals surface area contributed by atoms with Crippen molar-refractivity contribution in [3.05, 3.63) is 38.5 Å². The van der Waals surface area contributed by atoms with Crippen molar-refractivity contribution in [2.24, 2.45) is 4.99 Å². The van der Waals surface area contributed by atoms with E-state index in [1.807, 2.05) is 6.20 Å². The normalized spacial score (nSPS) is 11.6. The van der Waals surface area contributed by atoms with Crippen LogP contribution in [0, 0.1) is 0 Å². The minimum absolute atomic E-state index is 0.814. The molecule has 0 aliphatic carbocycles. The largest absolute Gasteiger partial charge is 0.356 e. The lowest BCUT2D eigenvalue weighted by Gasteiger charge is -2.10. The molecule has 2 aromatic heterocycles. The first-order chi connectivity index (χ1) is 9.81. The van der Waals surface area contributed by atoms with Gasteiger partial charge in [-0.3, -0.25) is 4.99 Å². The number of aryl methyl sites for hydroxylation is 1. The predicted octanol–water partition coefficient (Wildman–Crippen LogP) is 2.67. The van der Waals surface area contributed by atoms with Gasteiger partial charge in [0, 0.05) is 36.0 Å². The van der Waals surface area contributed by atoms with Crippen molar-refractivity contribution < 1.29 is 0 Å². The SMILES string of the molecule is CCc1cnc(CCNC(=NC)NCc2cccs2)s1. The molecule has 0 saturated carbocycles. The van der Waals surface area contributed by atoms with Crippen LogP contribution in [-0.2, 0) is 19.4 Å². The highest BCUT2D eigenvalue weighted by Crippen LogP contribution is 2.13. The molecule has 0 aromatic carbocycles. The first-order valence-electron chi connectivity index (χ1n) is 6.72. The molecular weight excluding hydrogens is 288 g/mol. The summed E-state index contributed by atoms with van der Waals surface area (Å²) in [7, 11) is 1.79. The number of thiazole rings is 1. The third-order valence-electron chi connectivity index (χ3n) is 2.81. The lowest BCUT2D eigenvalue weighted by molar-refractivity contribution is 0.796. The first kappa shape index (κ1) is 15.0. The molecule has 0 spiro atoms. The fraction of sp³-hybridized carbons (Fsp3) is 0.429. The Hall–Kier alpha value is -1.40. The van der Waals surface area contributed by atoms with Crippen molar-refractivity contribution in [2.45, 2.75) is 26.3 Å². The van der Waals surface area contributed by atoms with E-state index in [1.54, 1.807) is 29.7 Å². The van der Waals surface area contributed by atoms with Gasteiger partial charge in [-0.1, -0.05) is 13.0 Å². The van der Waals surface area contributed by atoms with Gasteiger partial charge in [-0.05, 0) is 17.9 Å². The van der Waals surface area contributed by atoms with Crippen molar-refractivity contribution in [1.29, 1.82) is 0 Å². The van der Waals surface area contributed by atoms with Gasteiger partial charge in [0.15, 0.2) is 5.96 Å². The molecule has 108 valence electrons. The van der Waals surface area contributed by atoms with Crippen LogP contribution in [-0.4, -0.2) is 24.5 Å². The maximum atomic E-state index is 4.42. The molecule has 0 aliphatic heterocycles. The van der Waals surface area contributed by atoms with E-state index < -0.39 is 0 Å². The predicted molar refractivity (Wildman–Crippen MR) is 87.7 cm³/mol. The number of rotatable bonds is 6. The lowest BCUT2D eigenvalue weighted by atomic mass is 10.4. The summed E-state index contributed by atoms with van der Waals surface area (Å²) in [6.07, 6.45) is 3.98. The van der Waals surface area contributed by atoms with Crippen LogP contribution >= 0.6 is 22.7 Å². The number of aliphatic imine (C=N–C) groups is 1. The molecule has 0 fully saturated rings. The highest BCUT2D eigenvalue weighted by molar-refractivity contribution is 7.11. The molecule has 2 aromatic rings. The second-order valence-electron chi connectivity index (χ2n) is 4.26. The minimum atomic E-state index is 0.814. The molecule has 0 amide bonds. The average molecular weight is 308 g/mol. The van der Waals surface area contributed by atoms with Gasteiger partial charge in [0.1, 0.15) is 0 Å². The number of guanidine groups is 1. The van der Waals surface area contributed by atoms with E-state index in [1.165, 1.54) is 14.8 Å². The summed E-state index contributed by atoms with van der Waals surface area (Å²) >= 11 is 3.54. The van der Waals surface area contributed by atoms with Crippen molar-refractivity contribution in [3.8, 4) is 0 Å². The number of aromatic nitrogens is 1. The Kier molecular flexibility index (Phi) is 6.01. The Morgan fingerprint density at radius 2 is 2.25 bits per heavy atom. The Labute approximate surface area is 128 Å². The van der Waals surface area contributed by atoms with Gasteiger partial charge in [0.25, 0.3) is 0 Å². The summed E-state index contributed by atoms with van der Waals surface area (Å²) in [4.78, 5) is 11.3. The van der Waals surface area contributed by atoms with Crippen LogP contribution in [0.25, 0.3) is 0 Å². The van der Waals surface area contributed by atoms with Crippen LogP contribution in [0.4, 0.5) is 0 Å². The van der Waals surface area contributed by atoms with Crippen molar-refractivity contribution in [3.63, 3.8) is 0 Å². The topological polar surface area (TPSA) is 49.3 Å². The molecule has 2 rings (SSSR count). The summed E-state index contributed by atoms with van der Waals surface area (Å²) in [6.45, 7) is 3.82. The first-order valence-corrected chi connectivity index (χ1v) is 8.42. The van der Waals surface area contributed by atoms with Crippen molar-refractivity contribution in [1.82, 2.24) is 15.6 Å². The standard InChI is InChI=1S/C14H20N4S2/c1-3-11-9-17-13(20-11)6-7-16-14(15-2)18-10-12-5-4-8-19-12/h4-5,8-9H,3,6-7,10H2,1-2H3,(H2,15,16,18). The maximum Gasteiger partial charge on any atom is 0.191 e. The van der Waals surface area contributed by atoms with Crippen LogP contribution in [0.3, 0.4) is 0 Å². The van der Waals surface area contributed by atoms with Gasteiger partial charge in [-0.2, -0.15) is 0 Å². The van der Waals surface area contributed by atoms with Gasteiger partial charge >= 0.3 is 0 Å². The zero-order valence-electron chi connectivity index (χ0n) is 11.8. The Morgan fingerprint density at radius 3 is 2.90 bits per heavy atom. The molecule has 0 bridgehead atoms. The van der Waals surface area contributed by atoms with E-state index in [0.717, 1.165) is 31.9 Å². The summed E-state index contributed by atoms with van der Waals surface area (Å²) in [5, 5.41) is 9.89. The molecular formula is C14H20N4S2. The van der Waals surface area contributed by atoms with E-state index in [9.17, 15) is 0 Å². The number of hydrogen-bond donors (Lipinski definition) is 2. The molecule has 0 radical (unpaired) electrons. The molecule has 4 nitrogen and oxygen atoms in total. The molecule has 0 saturated heterocycles.